The van der Waals surface area contributed by atoms with Crippen molar-refractivity contribution in [2.45, 2.75) is 4.90 Å². The van der Waals surface area contributed by atoms with Crippen LogP contribution in [0, 0.1) is 0 Å². The molecule has 0 fully saturated rings. The highest BCUT2D eigenvalue weighted by Crippen LogP contribution is 2.35. The molecule has 2 heterocycles. The van der Waals surface area contributed by atoms with E-state index in [-0.39, 0.29) is 5.91 Å². The van der Waals surface area contributed by atoms with Crippen molar-refractivity contribution in [1.29, 1.82) is 0 Å². The summed E-state index contributed by atoms with van der Waals surface area (Å²) >= 11 is 1.51. The van der Waals surface area contributed by atoms with Crippen molar-refractivity contribution < 1.29 is 14.0 Å². The van der Waals surface area contributed by atoms with Crippen molar-refractivity contribution in [2.75, 3.05) is 11.1 Å². The SMILES string of the molecule is O=Cc1ccc(-c2ccc3c(c2)NC(=O)CS3)o1. The molecule has 0 unspecified atom stereocenters. The van der Waals surface area contributed by atoms with E-state index >= 15 is 0 Å². The molecule has 0 radical (unpaired) electrons. The summed E-state index contributed by atoms with van der Waals surface area (Å²) in [4.78, 5) is 22.9. The van der Waals surface area contributed by atoms with E-state index in [1.54, 1.807) is 12.1 Å². The van der Waals surface area contributed by atoms with Crippen molar-refractivity contribution in [3.05, 3.63) is 36.1 Å². The Labute approximate surface area is 107 Å². The maximum Gasteiger partial charge on any atom is 0.234 e. The summed E-state index contributed by atoms with van der Waals surface area (Å²) in [6.07, 6.45) is 0.666. The number of aldehydes is 1. The lowest BCUT2D eigenvalue weighted by atomic mass is 10.1. The molecule has 0 aliphatic carbocycles. The second-order valence-electron chi connectivity index (χ2n) is 3.87. The second-order valence-corrected chi connectivity index (χ2v) is 4.88. The van der Waals surface area contributed by atoms with Crippen LogP contribution < -0.4 is 5.32 Å². The van der Waals surface area contributed by atoms with Crippen LogP contribution in [0.5, 0.6) is 0 Å². The number of benzene rings is 1. The Morgan fingerprint density at radius 2 is 2.17 bits per heavy atom. The fourth-order valence-corrected chi connectivity index (χ4v) is 2.60. The first kappa shape index (κ1) is 11.1. The molecule has 1 aliphatic rings. The molecule has 5 heteroatoms. The molecule has 1 aromatic carbocycles. The minimum absolute atomic E-state index is 0.00215. The third kappa shape index (κ3) is 1.93. The lowest BCUT2D eigenvalue weighted by Crippen LogP contribution is -2.18. The lowest BCUT2D eigenvalue weighted by Gasteiger charge is -2.16. The van der Waals surface area contributed by atoms with E-state index in [1.807, 2.05) is 18.2 Å². The van der Waals surface area contributed by atoms with Gasteiger partial charge in [-0.1, -0.05) is 0 Å². The molecule has 1 N–H and O–H groups in total. The van der Waals surface area contributed by atoms with E-state index < -0.39 is 0 Å². The van der Waals surface area contributed by atoms with Gasteiger partial charge < -0.3 is 9.73 Å². The van der Waals surface area contributed by atoms with Gasteiger partial charge in [0.25, 0.3) is 0 Å². The summed E-state index contributed by atoms with van der Waals surface area (Å²) in [5, 5.41) is 2.82. The number of thioether (sulfide) groups is 1. The molecular weight excluding hydrogens is 250 g/mol. The zero-order valence-corrected chi connectivity index (χ0v) is 10.1. The van der Waals surface area contributed by atoms with Crippen LogP contribution in [0.25, 0.3) is 11.3 Å². The third-order valence-electron chi connectivity index (χ3n) is 2.64. The van der Waals surface area contributed by atoms with Gasteiger partial charge in [-0.3, -0.25) is 9.59 Å². The molecule has 90 valence electrons. The van der Waals surface area contributed by atoms with Crippen LogP contribution in [0.2, 0.25) is 0 Å². The highest BCUT2D eigenvalue weighted by atomic mass is 32.2. The highest BCUT2D eigenvalue weighted by Gasteiger charge is 2.16. The summed E-state index contributed by atoms with van der Waals surface area (Å²) in [5.74, 6) is 1.35. The number of anilines is 1. The molecule has 4 nitrogen and oxygen atoms in total. The number of carbonyl (C=O) groups excluding carboxylic acids is 2. The fourth-order valence-electron chi connectivity index (χ4n) is 1.81. The summed E-state index contributed by atoms with van der Waals surface area (Å²) < 4.78 is 5.35. The molecule has 1 amide bonds. The predicted octanol–water partition coefficient (Wildman–Crippen LogP) is 2.80. The van der Waals surface area contributed by atoms with Crippen LogP contribution >= 0.6 is 11.8 Å². The lowest BCUT2D eigenvalue weighted by molar-refractivity contribution is -0.113. The number of amides is 1. The molecule has 3 rings (SSSR count). The van der Waals surface area contributed by atoms with Crippen LogP contribution in [0.4, 0.5) is 5.69 Å². The highest BCUT2D eigenvalue weighted by molar-refractivity contribution is 8.00. The first-order chi connectivity index (χ1) is 8.76. The molecular formula is C13H9NO3S. The normalized spacial score (nSPS) is 13.9. The second kappa shape index (κ2) is 4.34. The average Bonchev–Trinajstić information content (AvgIpc) is 2.86. The van der Waals surface area contributed by atoms with Crippen LogP contribution in [-0.4, -0.2) is 17.9 Å². The third-order valence-corrected chi connectivity index (χ3v) is 3.71. The standard InChI is InChI=1S/C13H9NO3S/c15-6-9-2-3-11(17-9)8-1-4-12-10(5-8)14-13(16)7-18-12/h1-6H,7H2,(H,14,16). The zero-order chi connectivity index (χ0) is 12.5. The summed E-state index contributed by atoms with van der Waals surface area (Å²) in [6.45, 7) is 0. The largest absolute Gasteiger partial charge is 0.453 e. The zero-order valence-electron chi connectivity index (χ0n) is 9.30. The van der Waals surface area contributed by atoms with Gasteiger partial charge in [0.1, 0.15) is 5.76 Å². The van der Waals surface area contributed by atoms with Gasteiger partial charge >= 0.3 is 0 Å². The van der Waals surface area contributed by atoms with Gasteiger partial charge in [0, 0.05) is 10.5 Å². The van der Waals surface area contributed by atoms with E-state index in [4.69, 9.17) is 4.42 Å². The molecule has 0 spiro atoms. The van der Waals surface area contributed by atoms with E-state index in [0.717, 1.165) is 16.1 Å². The van der Waals surface area contributed by atoms with E-state index in [9.17, 15) is 9.59 Å². The van der Waals surface area contributed by atoms with Gasteiger partial charge in [-0.2, -0.15) is 0 Å². The summed E-state index contributed by atoms with van der Waals surface area (Å²) in [5.41, 5.74) is 1.63. The average molecular weight is 259 g/mol. The molecule has 1 aromatic heterocycles. The molecule has 0 atom stereocenters. The first-order valence-corrected chi connectivity index (χ1v) is 6.37. The summed E-state index contributed by atoms with van der Waals surface area (Å²) in [7, 11) is 0. The van der Waals surface area contributed by atoms with E-state index in [2.05, 4.69) is 5.32 Å². The Balaban J connectivity index is 2.01. The maximum atomic E-state index is 11.3. The number of hydrogen-bond acceptors (Lipinski definition) is 4. The van der Waals surface area contributed by atoms with Crippen LogP contribution in [0.15, 0.2) is 39.6 Å². The van der Waals surface area contributed by atoms with Crippen molar-refractivity contribution in [2.24, 2.45) is 0 Å². The Kier molecular flexibility index (Phi) is 2.68. The maximum absolute atomic E-state index is 11.3. The Bertz CT molecular complexity index is 633. The summed E-state index contributed by atoms with van der Waals surface area (Å²) in [6, 6.07) is 9.07. The monoisotopic (exact) mass is 259 g/mol. The van der Waals surface area contributed by atoms with Gasteiger partial charge in [0.05, 0.1) is 11.4 Å². The van der Waals surface area contributed by atoms with Crippen LogP contribution in [0.1, 0.15) is 10.6 Å². The van der Waals surface area contributed by atoms with Crippen LogP contribution in [-0.2, 0) is 4.79 Å². The van der Waals surface area contributed by atoms with Crippen LogP contribution in [0.3, 0.4) is 0 Å². The Morgan fingerprint density at radius 3 is 2.94 bits per heavy atom. The smallest absolute Gasteiger partial charge is 0.234 e. The number of fused-ring (bicyclic) bond motifs is 1. The van der Waals surface area contributed by atoms with Gasteiger partial charge in [-0.15, -0.1) is 11.8 Å². The molecule has 18 heavy (non-hydrogen) atoms. The molecule has 2 aromatic rings. The number of hydrogen-bond donors (Lipinski definition) is 1. The van der Waals surface area contributed by atoms with Crippen molar-refractivity contribution in [1.82, 2.24) is 0 Å². The van der Waals surface area contributed by atoms with Crippen molar-refractivity contribution in [3.8, 4) is 11.3 Å². The molecule has 0 saturated carbocycles. The minimum Gasteiger partial charge on any atom is -0.453 e. The van der Waals surface area contributed by atoms with E-state index in [0.29, 0.717) is 23.6 Å². The number of nitrogens with one attached hydrogen (secondary N) is 1. The predicted molar refractivity (Wildman–Crippen MR) is 68.9 cm³/mol. The number of furan rings is 1. The molecule has 0 saturated heterocycles. The Morgan fingerprint density at radius 1 is 1.28 bits per heavy atom. The first-order valence-electron chi connectivity index (χ1n) is 5.38. The van der Waals surface area contributed by atoms with Crippen molar-refractivity contribution >= 4 is 29.6 Å². The van der Waals surface area contributed by atoms with Gasteiger partial charge in [-0.05, 0) is 30.3 Å². The van der Waals surface area contributed by atoms with Gasteiger partial charge in [-0.25, -0.2) is 0 Å². The number of carbonyl (C=O) groups is 2. The van der Waals surface area contributed by atoms with E-state index in [1.165, 1.54) is 11.8 Å². The minimum atomic E-state index is -0.00215. The Hall–Kier alpha value is -2.01. The van der Waals surface area contributed by atoms with Gasteiger partial charge in [0.15, 0.2) is 12.0 Å². The van der Waals surface area contributed by atoms with Crippen molar-refractivity contribution in [3.63, 3.8) is 0 Å². The number of rotatable bonds is 2. The van der Waals surface area contributed by atoms with Gasteiger partial charge in [0.2, 0.25) is 5.91 Å². The molecule has 1 aliphatic heterocycles. The topological polar surface area (TPSA) is 59.3 Å². The molecule has 0 bridgehead atoms. The quantitative estimate of drug-likeness (QED) is 0.842. The fraction of sp³-hybridized carbons (Fsp3) is 0.0769.